The lowest BCUT2D eigenvalue weighted by Crippen LogP contribution is -2.32. The first-order valence-corrected chi connectivity index (χ1v) is 7.88. The van der Waals surface area contributed by atoms with E-state index in [0.717, 1.165) is 11.1 Å². The number of hydrazone groups is 1. The van der Waals surface area contributed by atoms with Crippen LogP contribution in [0.25, 0.3) is 0 Å². The Bertz CT molecular complexity index is 768. The summed E-state index contributed by atoms with van der Waals surface area (Å²) >= 11 is 0. The smallest absolute Gasteiger partial charge is 0.329 e. The van der Waals surface area contributed by atoms with Gasteiger partial charge in [-0.15, -0.1) is 0 Å². The van der Waals surface area contributed by atoms with Gasteiger partial charge in [-0.25, -0.2) is 5.43 Å². The van der Waals surface area contributed by atoms with E-state index in [-0.39, 0.29) is 0 Å². The van der Waals surface area contributed by atoms with Gasteiger partial charge >= 0.3 is 11.8 Å². The van der Waals surface area contributed by atoms with E-state index in [4.69, 9.17) is 4.74 Å². The Morgan fingerprint density at radius 2 is 1.80 bits per heavy atom. The highest BCUT2D eigenvalue weighted by Crippen LogP contribution is 2.17. The van der Waals surface area contributed by atoms with Crippen LogP contribution in [0.3, 0.4) is 0 Å². The Morgan fingerprint density at radius 1 is 1.08 bits per heavy atom. The molecule has 0 saturated heterocycles. The van der Waals surface area contributed by atoms with Crippen LogP contribution in [-0.2, 0) is 9.59 Å². The first kappa shape index (κ1) is 18.2. The molecule has 0 bridgehead atoms. The van der Waals surface area contributed by atoms with Crippen molar-refractivity contribution in [1.29, 1.82) is 0 Å². The molecule has 0 aromatic heterocycles. The Morgan fingerprint density at radius 3 is 2.44 bits per heavy atom. The van der Waals surface area contributed by atoms with Gasteiger partial charge in [-0.05, 0) is 41.3 Å². The van der Waals surface area contributed by atoms with Gasteiger partial charge in [-0.1, -0.05) is 38.1 Å². The molecule has 0 aliphatic rings. The second-order valence-corrected chi connectivity index (χ2v) is 5.71. The third-order valence-corrected chi connectivity index (χ3v) is 3.51. The number of carbonyl (C=O) groups is 2. The molecule has 6 nitrogen and oxygen atoms in total. The highest BCUT2D eigenvalue weighted by atomic mass is 16.5. The van der Waals surface area contributed by atoms with Crippen molar-refractivity contribution >= 4 is 23.7 Å². The largest absolute Gasteiger partial charge is 0.497 e. The molecule has 0 heterocycles. The van der Waals surface area contributed by atoms with Gasteiger partial charge in [-0.2, -0.15) is 5.10 Å². The predicted molar refractivity (Wildman–Crippen MR) is 97.9 cm³/mol. The average molecular weight is 339 g/mol. The van der Waals surface area contributed by atoms with Gasteiger partial charge in [0.25, 0.3) is 0 Å². The molecule has 0 saturated carbocycles. The second kappa shape index (κ2) is 8.63. The third kappa shape index (κ3) is 5.46. The minimum atomic E-state index is -0.841. The zero-order chi connectivity index (χ0) is 18.2. The standard InChI is InChI=1S/C19H21N3O3/c1-13(2)15-7-9-16(10-8-15)21-18(23)19(24)22-20-12-14-5-4-6-17(11-14)25-3/h4-13H,1-3H3,(H,21,23)(H,22,24)/b20-12-. The van der Waals surface area contributed by atoms with Crippen LogP contribution in [0.5, 0.6) is 5.75 Å². The summed E-state index contributed by atoms with van der Waals surface area (Å²) in [7, 11) is 1.57. The van der Waals surface area contributed by atoms with Gasteiger partial charge in [0.1, 0.15) is 5.75 Å². The van der Waals surface area contributed by atoms with Crippen LogP contribution in [0.4, 0.5) is 5.69 Å². The lowest BCUT2D eigenvalue weighted by Gasteiger charge is -2.07. The monoisotopic (exact) mass is 339 g/mol. The van der Waals surface area contributed by atoms with Crippen molar-refractivity contribution in [2.75, 3.05) is 12.4 Å². The van der Waals surface area contributed by atoms with Crippen LogP contribution in [0.15, 0.2) is 53.6 Å². The van der Waals surface area contributed by atoms with Crippen molar-refractivity contribution in [3.8, 4) is 5.75 Å². The molecule has 0 aliphatic carbocycles. The molecule has 6 heteroatoms. The van der Waals surface area contributed by atoms with E-state index in [0.29, 0.717) is 17.4 Å². The summed E-state index contributed by atoms with van der Waals surface area (Å²) in [6.07, 6.45) is 1.44. The summed E-state index contributed by atoms with van der Waals surface area (Å²) in [6.45, 7) is 4.17. The summed E-state index contributed by atoms with van der Waals surface area (Å²) in [6, 6.07) is 14.5. The molecule has 2 aromatic rings. The molecule has 2 aromatic carbocycles. The Balaban J connectivity index is 1.89. The summed E-state index contributed by atoms with van der Waals surface area (Å²) in [5.74, 6) is -0.538. The summed E-state index contributed by atoms with van der Waals surface area (Å²) in [5, 5.41) is 6.31. The van der Waals surface area contributed by atoms with Gasteiger partial charge in [0.05, 0.1) is 13.3 Å². The number of nitrogens with zero attached hydrogens (tertiary/aromatic N) is 1. The van der Waals surface area contributed by atoms with Gasteiger partial charge in [-0.3, -0.25) is 9.59 Å². The Hall–Kier alpha value is -3.15. The van der Waals surface area contributed by atoms with E-state index < -0.39 is 11.8 Å². The third-order valence-electron chi connectivity index (χ3n) is 3.51. The fourth-order valence-corrected chi connectivity index (χ4v) is 2.08. The van der Waals surface area contributed by atoms with Gasteiger partial charge in [0.15, 0.2) is 0 Å². The fourth-order valence-electron chi connectivity index (χ4n) is 2.08. The molecule has 25 heavy (non-hydrogen) atoms. The summed E-state index contributed by atoms with van der Waals surface area (Å²) < 4.78 is 5.10. The van der Waals surface area contributed by atoms with Crippen molar-refractivity contribution in [3.63, 3.8) is 0 Å². The molecule has 2 rings (SSSR count). The summed E-state index contributed by atoms with van der Waals surface area (Å²) in [5.41, 5.74) is 4.65. The highest BCUT2D eigenvalue weighted by Gasteiger charge is 2.12. The number of hydrogen-bond donors (Lipinski definition) is 2. The first-order valence-electron chi connectivity index (χ1n) is 7.88. The number of amides is 2. The summed E-state index contributed by atoms with van der Waals surface area (Å²) in [4.78, 5) is 23.6. The molecule has 0 unspecified atom stereocenters. The Kier molecular flexibility index (Phi) is 6.28. The van der Waals surface area contributed by atoms with Crippen molar-refractivity contribution in [1.82, 2.24) is 5.43 Å². The maximum absolute atomic E-state index is 11.9. The molecule has 0 spiro atoms. The molecular weight excluding hydrogens is 318 g/mol. The average Bonchev–Trinajstić information content (AvgIpc) is 2.62. The van der Waals surface area contributed by atoms with Crippen LogP contribution in [0.2, 0.25) is 0 Å². The lowest BCUT2D eigenvalue weighted by atomic mass is 10.0. The molecule has 0 atom stereocenters. The fraction of sp³-hybridized carbons (Fsp3) is 0.211. The first-order chi connectivity index (χ1) is 12.0. The Labute approximate surface area is 146 Å². The lowest BCUT2D eigenvalue weighted by molar-refractivity contribution is -0.136. The molecule has 0 aliphatic heterocycles. The quantitative estimate of drug-likeness (QED) is 0.499. The number of hydrogen-bond acceptors (Lipinski definition) is 4. The van der Waals surface area contributed by atoms with Gasteiger partial charge < -0.3 is 10.1 Å². The van der Waals surface area contributed by atoms with E-state index in [2.05, 4.69) is 29.7 Å². The minimum Gasteiger partial charge on any atom is -0.497 e. The maximum atomic E-state index is 11.9. The zero-order valence-corrected chi connectivity index (χ0v) is 14.4. The minimum absolute atomic E-state index is 0.402. The number of benzene rings is 2. The van der Waals surface area contributed by atoms with Crippen LogP contribution in [0.1, 0.15) is 30.9 Å². The number of anilines is 1. The molecule has 2 amide bonds. The molecule has 0 radical (unpaired) electrons. The maximum Gasteiger partial charge on any atom is 0.329 e. The van der Waals surface area contributed by atoms with Crippen molar-refractivity contribution in [3.05, 3.63) is 59.7 Å². The van der Waals surface area contributed by atoms with Crippen LogP contribution in [-0.4, -0.2) is 25.1 Å². The predicted octanol–water partition coefficient (Wildman–Crippen LogP) is 2.91. The highest BCUT2D eigenvalue weighted by molar-refractivity contribution is 6.39. The number of ether oxygens (including phenoxy) is 1. The topological polar surface area (TPSA) is 79.8 Å². The normalized spacial score (nSPS) is 10.7. The zero-order valence-electron chi connectivity index (χ0n) is 14.4. The van der Waals surface area contributed by atoms with E-state index >= 15 is 0 Å². The van der Waals surface area contributed by atoms with Crippen LogP contribution in [0, 0.1) is 0 Å². The molecular formula is C19H21N3O3. The van der Waals surface area contributed by atoms with Crippen molar-refractivity contribution in [2.45, 2.75) is 19.8 Å². The molecule has 130 valence electrons. The molecule has 2 N–H and O–H groups in total. The van der Waals surface area contributed by atoms with Crippen molar-refractivity contribution < 1.29 is 14.3 Å². The van der Waals surface area contributed by atoms with Crippen LogP contribution < -0.4 is 15.5 Å². The second-order valence-electron chi connectivity index (χ2n) is 5.71. The van der Waals surface area contributed by atoms with E-state index in [1.807, 2.05) is 12.1 Å². The SMILES string of the molecule is COc1cccc(/C=N\NC(=O)C(=O)Nc2ccc(C(C)C)cc2)c1. The number of nitrogens with one attached hydrogen (secondary N) is 2. The van der Waals surface area contributed by atoms with Crippen LogP contribution >= 0.6 is 0 Å². The van der Waals surface area contributed by atoms with E-state index in [9.17, 15) is 9.59 Å². The number of rotatable bonds is 5. The number of carbonyl (C=O) groups excluding carboxylic acids is 2. The van der Waals surface area contributed by atoms with Crippen molar-refractivity contribution in [2.24, 2.45) is 5.10 Å². The van der Waals surface area contributed by atoms with Gasteiger partial charge in [0, 0.05) is 5.69 Å². The van der Waals surface area contributed by atoms with E-state index in [1.165, 1.54) is 6.21 Å². The van der Waals surface area contributed by atoms with Gasteiger partial charge in [0.2, 0.25) is 0 Å². The van der Waals surface area contributed by atoms with E-state index in [1.54, 1.807) is 43.5 Å². The number of methoxy groups -OCH3 is 1. The molecule has 0 fully saturated rings.